The molecule has 0 spiro atoms. The molecule has 0 fully saturated rings. The van der Waals surface area contributed by atoms with Gasteiger partial charge >= 0.3 is 0 Å². The highest BCUT2D eigenvalue weighted by Gasteiger charge is 2.03. The van der Waals surface area contributed by atoms with Crippen LogP contribution in [0.15, 0.2) is 6.33 Å². The molecule has 0 atom stereocenters. The molecular formula is C6H8N4O. The number of rotatable bonds is 2. The molecule has 1 aromatic heterocycles. The zero-order valence-corrected chi connectivity index (χ0v) is 6.11. The summed E-state index contributed by atoms with van der Waals surface area (Å²) in [5.41, 5.74) is 4.95. The zero-order chi connectivity index (χ0) is 8.27. The Kier molecular flexibility index (Phi) is 2.10. The molecule has 1 amide bonds. The Labute approximate surface area is 63.7 Å². The second-order valence-corrected chi connectivity index (χ2v) is 1.94. The van der Waals surface area contributed by atoms with Crippen LogP contribution in [0.25, 0.3) is 0 Å². The molecule has 1 aromatic rings. The highest BCUT2D eigenvalue weighted by Crippen LogP contribution is 1.90. The summed E-state index contributed by atoms with van der Waals surface area (Å²) in [6, 6.07) is 0. The molecule has 5 nitrogen and oxygen atoms in total. The fraction of sp³-hybridized carbons (Fsp3) is 0.333. The van der Waals surface area contributed by atoms with E-state index in [1.165, 1.54) is 6.33 Å². The monoisotopic (exact) mass is 152 g/mol. The van der Waals surface area contributed by atoms with Gasteiger partial charge in [-0.25, -0.2) is 15.0 Å². The first-order valence-corrected chi connectivity index (χ1v) is 3.21. The molecule has 0 aliphatic carbocycles. The van der Waals surface area contributed by atoms with Crippen LogP contribution in [-0.2, 0) is 6.42 Å². The van der Waals surface area contributed by atoms with E-state index in [0.29, 0.717) is 12.2 Å². The first-order valence-electron chi connectivity index (χ1n) is 3.21. The van der Waals surface area contributed by atoms with Crippen LogP contribution in [0.1, 0.15) is 23.4 Å². The van der Waals surface area contributed by atoms with E-state index < -0.39 is 5.91 Å². The Bertz CT molecular complexity index is 273. The minimum Gasteiger partial charge on any atom is -0.363 e. The van der Waals surface area contributed by atoms with E-state index in [9.17, 15) is 4.79 Å². The molecule has 11 heavy (non-hydrogen) atoms. The second kappa shape index (κ2) is 3.05. The van der Waals surface area contributed by atoms with Gasteiger partial charge in [-0.15, -0.1) is 0 Å². The molecule has 1 heterocycles. The zero-order valence-electron chi connectivity index (χ0n) is 6.11. The summed E-state index contributed by atoms with van der Waals surface area (Å²) in [6.07, 6.45) is 1.95. The predicted molar refractivity (Wildman–Crippen MR) is 37.7 cm³/mol. The molecule has 5 heteroatoms. The maximum Gasteiger partial charge on any atom is 0.286 e. The molecule has 0 saturated heterocycles. The summed E-state index contributed by atoms with van der Waals surface area (Å²) in [4.78, 5) is 21.7. The average Bonchev–Trinajstić information content (AvgIpc) is 2.05. The van der Waals surface area contributed by atoms with Crippen LogP contribution in [0.3, 0.4) is 0 Å². The Morgan fingerprint density at radius 2 is 2.36 bits per heavy atom. The van der Waals surface area contributed by atoms with Gasteiger partial charge in [0.1, 0.15) is 12.2 Å². The smallest absolute Gasteiger partial charge is 0.286 e. The van der Waals surface area contributed by atoms with Crippen molar-refractivity contribution in [3.63, 3.8) is 0 Å². The summed E-state index contributed by atoms with van der Waals surface area (Å²) < 4.78 is 0. The van der Waals surface area contributed by atoms with Gasteiger partial charge in [-0.2, -0.15) is 0 Å². The SMILES string of the molecule is CCc1ncnc(C(N)=O)n1. The third-order valence-electron chi connectivity index (χ3n) is 1.16. The van der Waals surface area contributed by atoms with Crippen molar-refractivity contribution >= 4 is 5.91 Å². The molecular weight excluding hydrogens is 144 g/mol. The Balaban J connectivity index is 3.01. The summed E-state index contributed by atoms with van der Waals surface area (Å²) >= 11 is 0. The van der Waals surface area contributed by atoms with Crippen LogP contribution in [0, 0.1) is 0 Å². The molecule has 0 unspecified atom stereocenters. The van der Waals surface area contributed by atoms with Crippen molar-refractivity contribution in [2.75, 3.05) is 0 Å². The largest absolute Gasteiger partial charge is 0.363 e. The van der Waals surface area contributed by atoms with Gasteiger partial charge < -0.3 is 5.73 Å². The summed E-state index contributed by atoms with van der Waals surface area (Å²) in [7, 11) is 0. The highest BCUT2D eigenvalue weighted by atomic mass is 16.1. The van der Waals surface area contributed by atoms with E-state index in [-0.39, 0.29) is 5.82 Å². The van der Waals surface area contributed by atoms with Crippen molar-refractivity contribution in [2.45, 2.75) is 13.3 Å². The second-order valence-electron chi connectivity index (χ2n) is 1.94. The van der Waals surface area contributed by atoms with Crippen molar-refractivity contribution in [1.29, 1.82) is 0 Å². The van der Waals surface area contributed by atoms with E-state index in [0.717, 1.165) is 0 Å². The molecule has 0 aliphatic heterocycles. The summed E-state index contributed by atoms with van der Waals surface area (Å²) in [6.45, 7) is 1.89. The quantitative estimate of drug-likeness (QED) is 0.621. The summed E-state index contributed by atoms with van der Waals surface area (Å²) in [5.74, 6) is -0.0206. The van der Waals surface area contributed by atoms with Gasteiger partial charge in [0, 0.05) is 6.42 Å². The van der Waals surface area contributed by atoms with Crippen molar-refractivity contribution in [1.82, 2.24) is 15.0 Å². The van der Waals surface area contributed by atoms with E-state index in [1.54, 1.807) is 0 Å². The van der Waals surface area contributed by atoms with Crippen molar-refractivity contribution in [3.8, 4) is 0 Å². The lowest BCUT2D eigenvalue weighted by Crippen LogP contribution is -2.16. The van der Waals surface area contributed by atoms with Crippen LogP contribution in [-0.4, -0.2) is 20.9 Å². The number of aromatic nitrogens is 3. The molecule has 0 bridgehead atoms. The number of primary amides is 1. The fourth-order valence-electron chi connectivity index (χ4n) is 0.619. The van der Waals surface area contributed by atoms with Crippen LogP contribution >= 0.6 is 0 Å². The number of hydrogen-bond acceptors (Lipinski definition) is 4. The van der Waals surface area contributed by atoms with Crippen LogP contribution in [0.2, 0.25) is 0 Å². The van der Waals surface area contributed by atoms with E-state index in [1.807, 2.05) is 6.92 Å². The lowest BCUT2D eigenvalue weighted by atomic mass is 10.4. The number of nitrogens with two attached hydrogens (primary N) is 1. The average molecular weight is 152 g/mol. The molecule has 58 valence electrons. The van der Waals surface area contributed by atoms with Gasteiger partial charge in [0.25, 0.3) is 5.91 Å². The van der Waals surface area contributed by atoms with Gasteiger partial charge in [-0.1, -0.05) is 6.92 Å². The minimum atomic E-state index is -0.623. The maximum atomic E-state index is 10.5. The number of hydrogen-bond donors (Lipinski definition) is 1. The standard InChI is InChI=1S/C6H8N4O/c1-2-4-8-3-9-6(10-4)5(7)11/h3H,2H2,1H3,(H2,7,11). The van der Waals surface area contributed by atoms with Gasteiger partial charge in [-0.05, 0) is 0 Å². The molecule has 1 rings (SSSR count). The number of amides is 1. The van der Waals surface area contributed by atoms with Crippen molar-refractivity contribution < 1.29 is 4.79 Å². The van der Waals surface area contributed by atoms with Gasteiger partial charge in [0.2, 0.25) is 5.82 Å². The molecule has 0 saturated carbocycles. The number of aryl methyl sites for hydroxylation is 1. The Morgan fingerprint density at radius 3 is 2.91 bits per heavy atom. The highest BCUT2D eigenvalue weighted by molar-refractivity contribution is 5.88. The molecule has 2 N–H and O–H groups in total. The van der Waals surface area contributed by atoms with Crippen molar-refractivity contribution in [2.24, 2.45) is 5.73 Å². The van der Waals surface area contributed by atoms with Crippen LogP contribution in [0.5, 0.6) is 0 Å². The fourth-order valence-corrected chi connectivity index (χ4v) is 0.619. The van der Waals surface area contributed by atoms with E-state index in [4.69, 9.17) is 5.73 Å². The van der Waals surface area contributed by atoms with Gasteiger partial charge in [0.15, 0.2) is 0 Å². The first-order chi connectivity index (χ1) is 5.24. The van der Waals surface area contributed by atoms with Crippen LogP contribution in [0.4, 0.5) is 0 Å². The lowest BCUT2D eigenvalue weighted by molar-refractivity contribution is 0.0989. The third kappa shape index (κ3) is 1.70. The first kappa shape index (κ1) is 7.59. The number of nitrogens with zero attached hydrogens (tertiary/aromatic N) is 3. The van der Waals surface area contributed by atoms with E-state index in [2.05, 4.69) is 15.0 Å². The number of carbonyl (C=O) groups excluding carboxylic acids is 1. The molecule has 0 radical (unpaired) electrons. The minimum absolute atomic E-state index is 0.0249. The number of carbonyl (C=O) groups is 1. The van der Waals surface area contributed by atoms with Crippen molar-refractivity contribution in [3.05, 3.63) is 18.0 Å². The molecule has 0 aliphatic rings. The predicted octanol–water partition coefficient (Wildman–Crippen LogP) is -0.467. The van der Waals surface area contributed by atoms with E-state index >= 15 is 0 Å². The van der Waals surface area contributed by atoms with Gasteiger partial charge in [0.05, 0.1) is 0 Å². The Hall–Kier alpha value is -1.52. The topological polar surface area (TPSA) is 81.8 Å². The third-order valence-corrected chi connectivity index (χ3v) is 1.16. The van der Waals surface area contributed by atoms with Gasteiger partial charge in [-0.3, -0.25) is 4.79 Å². The van der Waals surface area contributed by atoms with Crippen LogP contribution < -0.4 is 5.73 Å². The Morgan fingerprint density at radius 1 is 1.64 bits per heavy atom. The lowest BCUT2D eigenvalue weighted by Gasteiger charge is -1.94. The normalized spacial score (nSPS) is 9.55. The maximum absolute atomic E-state index is 10.5. The molecule has 0 aromatic carbocycles. The summed E-state index contributed by atoms with van der Waals surface area (Å²) in [5, 5.41) is 0.